The van der Waals surface area contributed by atoms with Crippen molar-refractivity contribution in [3.05, 3.63) is 0 Å². The minimum Gasteiger partial charge on any atom is -0.481 e. The van der Waals surface area contributed by atoms with Crippen LogP contribution in [0.4, 0.5) is 4.79 Å². The number of hydrogen-bond acceptors (Lipinski definition) is 3. The smallest absolute Gasteiger partial charge is 0.326 e. The lowest BCUT2D eigenvalue weighted by molar-refractivity contribution is -0.145. The monoisotopic (exact) mass is 272 g/mol. The number of amides is 2. The molecule has 1 saturated carbocycles. The predicted octanol–water partition coefficient (Wildman–Crippen LogP) is 0.888. The largest absolute Gasteiger partial charge is 0.481 e. The maximum absolute atomic E-state index is 12.0. The van der Waals surface area contributed by atoms with Crippen LogP contribution in [-0.2, 0) is 9.59 Å². The predicted molar refractivity (Wildman–Crippen MR) is 66.8 cm³/mol. The Bertz CT molecular complexity index is 354. The zero-order chi connectivity index (χ0) is 14.4. The molecule has 7 nitrogen and oxygen atoms in total. The van der Waals surface area contributed by atoms with Crippen LogP contribution < -0.4 is 5.32 Å². The maximum Gasteiger partial charge on any atom is 0.326 e. The third-order valence-corrected chi connectivity index (χ3v) is 2.98. The van der Waals surface area contributed by atoms with Crippen LogP contribution in [0.5, 0.6) is 0 Å². The summed E-state index contributed by atoms with van der Waals surface area (Å²) in [4.78, 5) is 35.0. The normalized spacial score (nSPS) is 15.6. The van der Waals surface area contributed by atoms with E-state index in [1.165, 1.54) is 0 Å². The molecule has 1 atom stereocenters. The first-order valence-corrected chi connectivity index (χ1v) is 6.47. The fourth-order valence-electron chi connectivity index (χ4n) is 1.77. The van der Waals surface area contributed by atoms with E-state index in [4.69, 9.17) is 10.2 Å². The first-order chi connectivity index (χ1) is 8.95. The topological polar surface area (TPSA) is 107 Å². The first-order valence-electron chi connectivity index (χ1n) is 6.47. The Morgan fingerprint density at radius 2 is 1.95 bits per heavy atom. The van der Waals surface area contributed by atoms with E-state index in [1.807, 2.05) is 6.92 Å². The van der Waals surface area contributed by atoms with Gasteiger partial charge in [-0.1, -0.05) is 13.3 Å². The Morgan fingerprint density at radius 3 is 2.37 bits per heavy atom. The number of carbonyl (C=O) groups excluding carboxylic acids is 1. The molecule has 0 aromatic carbocycles. The maximum atomic E-state index is 12.0. The van der Waals surface area contributed by atoms with Crippen molar-refractivity contribution in [2.24, 2.45) is 0 Å². The Morgan fingerprint density at radius 1 is 1.32 bits per heavy atom. The van der Waals surface area contributed by atoms with Gasteiger partial charge in [0.25, 0.3) is 0 Å². The number of carboxylic acids is 2. The molecule has 0 radical (unpaired) electrons. The van der Waals surface area contributed by atoms with Crippen LogP contribution in [0.15, 0.2) is 0 Å². The fraction of sp³-hybridized carbons (Fsp3) is 0.750. The molecule has 1 aliphatic carbocycles. The van der Waals surface area contributed by atoms with E-state index in [1.54, 1.807) is 4.90 Å². The van der Waals surface area contributed by atoms with Crippen LogP contribution in [0.3, 0.4) is 0 Å². The van der Waals surface area contributed by atoms with Gasteiger partial charge < -0.3 is 20.4 Å². The van der Waals surface area contributed by atoms with Crippen molar-refractivity contribution in [1.29, 1.82) is 0 Å². The van der Waals surface area contributed by atoms with Crippen molar-refractivity contribution in [2.45, 2.75) is 51.1 Å². The highest BCUT2D eigenvalue weighted by Crippen LogP contribution is 2.27. The molecule has 2 amide bonds. The minimum absolute atomic E-state index is 0.172. The Labute approximate surface area is 111 Å². The van der Waals surface area contributed by atoms with E-state index in [9.17, 15) is 14.4 Å². The molecule has 1 aliphatic rings. The second-order valence-electron chi connectivity index (χ2n) is 4.72. The zero-order valence-electron chi connectivity index (χ0n) is 11.0. The molecule has 1 rings (SSSR count). The SMILES string of the molecule is CCCCN(C(=O)NC(CC(=O)O)C(=O)O)C1CC1. The average molecular weight is 272 g/mol. The van der Waals surface area contributed by atoms with Crippen molar-refractivity contribution in [1.82, 2.24) is 10.2 Å². The Balaban J connectivity index is 2.57. The third-order valence-electron chi connectivity index (χ3n) is 2.98. The van der Waals surface area contributed by atoms with Crippen LogP contribution >= 0.6 is 0 Å². The summed E-state index contributed by atoms with van der Waals surface area (Å²) in [7, 11) is 0. The number of carboxylic acid groups (broad SMARTS) is 2. The van der Waals surface area contributed by atoms with Crippen molar-refractivity contribution >= 4 is 18.0 Å². The summed E-state index contributed by atoms with van der Waals surface area (Å²) < 4.78 is 0. The third kappa shape index (κ3) is 5.15. The van der Waals surface area contributed by atoms with E-state index in [0.717, 1.165) is 25.7 Å². The van der Waals surface area contributed by atoms with E-state index >= 15 is 0 Å². The van der Waals surface area contributed by atoms with E-state index in [2.05, 4.69) is 5.32 Å². The molecule has 7 heteroatoms. The number of aliphatic carboxylic acids is 2. The molecule has 1 unspecified atom stereocenters. The Kier molecular flexibility index (Phi) is 5.59. The van der Waals surface area contributed by atoms with E-state index in [0.29, 0.717) is 6.54 Å². The van der Waals surface area contributed by atoms with Gasteiger partial charge in [-0.3, -0.25) is 4.79 Å². The molecule has 0 aromatic heterocycles. The number of urea groups is 1. The van der Waals surface area contributed by atoms with Crippen LogP contribution in [-0.4, -0.2) is 51.7 Å². The molecule has 0 spiro atoms. The summed E-state index contributed by atoms with van der Waals surface area (Å²) in [6, 6.07) is -1.69. The molecular formula is C12H20N2O5. The van der Waals surface area contributed by atoms with Gasteiger partial charge >= 0.3 is 18.0 Å². The van der Waals surface area contributed by atoms with Crippen molar-refractivity contribution in [2.75, 3.05) is 6.54 Å². The summed E-state index contributed by atoms with van der Waals surface area (Å²) in [5.74, 6) is -2.58. The number of nitrogens with zero attached hydrogens (tertiary/aromatic N) is 1. The molecule has 3 N–H and O–H groups in total. The lowest BCUT2D eigenvalue weighted by Gasteiger charge is -2.24. The number of carbonyl (C=O) groups is 3. The number of rotatable bonds is 8. The van der Waals surface area contributed by atoms with Crippen LogP contribution in [0.25, 0.3) is 0 Å². The van der Waals surface area contributed by atoms with Gasteiger partial charge in [-0.25, -0.2) is 9.59 Å². The highest BCUT2D eigenvalue weighted by atomic mass is 16.4. The highest BCUT2D eigenvalue weighted by Gasteiger charge is 2.34. The first kappa shape index (κ1) is 15.3. The second kappa shape index (κ2) is 6.96. The lowest BCUT2D eigenvalue weighted by atomic mass is 10.2. The van der Waals surface area contributed by atoms with Crippen molar-refractivity contribution in [3.63, 3.8) is 0 Å². The summed E-state index contributed by atoms with van der Waals surface area (Å²) in [5, 5.41) is 19.8. The zero-order valence-corrected chi connectivity index (χ0v) is 11.0. The quantitative estimate of drug-likeness (QED) is 0.608. The molecule has 0 heterocycles. The number of nitrogens with one attached hydrogen (secondary N) is 1. The molecular weight excluding hydrogens is 252 g/mol. The number of hydrogen-bond donors (Lipinski definition) is 3. The van der Waals surface area contributed by atoms with Gasteiger partial charge in [0.1, 0.15) is 6.04 Å². The molecule has 108 valence electrons. The van der Waals surface area contributed by atoms with Crippen LogP contribution in [0.2, 0.25) is 0 Å². The summed E-state index contributed by atoms with van der Waals surface area (Å²) in [6.45, 7) is 2.58. The lowest BCUT2D eigenvalue weighted by Crippen LogP contribution is -2.49. The second-order valence-corrected chi connectivity index (χ2v) is 4.72. The van der Waals surface area contributed by atoms with Gasteiger partial charge in [-0.2, -0.15) is 0 Å². The minimum atomic E-state index is -1.38. The highest BCUT2D eigenvalue weighted by molar-refractivity contribution is 5.86. The summed E-state index contributed by atoms with van der Waals surface area (Å²) in [5.41, 5.74) is 0. The van der Waals surface area contributed by atoms with Crippen LogP contribution in [0, 0.1) is 0 Å². The van der Waals surface area contributed by atoms with Gasteiger partial charge in [-0.15, -0.1) is 0 Å². The van der Waals surface area contributed by atoms with Gasteiger partial charge in [-0.05, 0) is 19.3 Å². The molecule has 0 aromatic rings. The van der Waals surface area contributed by atoms with Crippen molar-refractivity contribution in [3.8, 4) is 0 Å². The Hall–Kier alpha value is -1.79. The number of unbranched alkanes of at least 4 members (excludes halogenated alkanes) is 1. The average Bonchev–Trinajstić information content (AvgIpc) is 3.12. The van der Waals surface area contributed by atoms with Gasteiger partial charge in [0.05, 0.1) is 6.42 Å². The van der Waals surface area contributed by atoms with Crippen molar-refractivity contribution < 1.29 is 24.6 Å². The molecule has 0 bridgehead atoms. The summed E-state index contributed by atoms with van der Waals surface area (Å²) in [6.07, 6.45) is 3.02. The molecule has 0 saturated heterocycles. The molecule has 1 fully saturated rings. The summed E-state index contributed by atoms with van der Waals surface area (Å²) >= 11 is 0. The van der Waals surface area contributed by atoms with Crippen LogP contribution in [0.1, 0.15) is 39.0 Å². The molecule has 0 aliphatic heterocycles. The standard InChI is InChI=1S/C12H20N2O5/c1-2-3-6-14(8-4-5-8)12(19)13-9(11(17)18)7-10(15)16/h8-9H,2-7H2,1H3,(H,13,19)(H,15,16)(H,17,18). The van der Waals surface area contributed by atoms with Gasteiger partial charge in [0.15, 0.2) is 0 Å². The fourth-order valence-corrected chi connectivity index (χ4v) is 1.77. The van der Waals surface area contributed by atoms with E-state index < -0.39 is 30.4 Å². The van der Waals surface area contributed by atoms with Gasteiger partial charge in [0, 0.05) is 12.6 Å². The van der Waals surface area contributed by atoms with E-state index in [-0.39, 0.29) is 6.04 Å². The molecule has 19 heavy (non-hydrogen) atoms. The van der Waals surface area contributed by atoms with Gasteiger partial charge in [0.2, 0.25) is 0 Å².